The van der Waals surface area contributed by atoms with E-state index in [-0.39, 0.29) is 0 Å². The molecular weight excluding hydrogens is 973 g/mol. The highest BCUT2D eigenvalue weighted by Gasteiger charge is 2.32. The van der Waals surface area contributed by atoms with Gasteiger partial charge >= 0.3 is 0 Å². The van der Waals surface area contributed by atoms with E-state index in [9.17, 15) is 0 Å². The highest BCUT2D eigenvalue weighted by Crippen LogP contribution is 2.57. The summed E-state index contributed by atoms with van der Waals surface area (Å²) >= 11 is 0. The Morgan fingerprint density at radius 3 is 0.778 bits per heavy atom. The number of rotatable bonds is 12. The number of allylic oxidation sites excluding steroid dienone is 18. The molecule has 0 unspecified atom stereocenters. The van der Waals surface area contributed by atoms with E-state index in [2.05, 4.69) is 328 Å². The molecule has 0 heteroatoms. The number of benzene rings is 10. The standard InChI is InChI=1S/C81H60/c1-2-14-35-58(34-13-1)70-72(61-40-19-6-20-41-61)76(59-36-15-3-4-16-37-59)80(77(65-48-27-10-28-49-65)73(70)62-42-21-7-22-43-62)68-54-33-55-69(57-56-68)81-78(66-50-29-11-30-51-66)74(63-44-23-8-24-45-63)71(60-38-17-5-18-39-60)75(64-46-25-9-26-47-64)79(81)67-52-31-12-32-53-67/h1,3-15,17-32,34-57H,2,16,33H2. The smallest absolute Gasteiger partial charge is 0.00139 e. The van der Waals surface area contributed by atoms with Gasteiger partial charge in [-0.25, -0.2) is 0 Å². The summed E-state index contributed by atoms with van der Waals surface area (Å²) in [5, 5.41) is 0. The molecule has 0 aromatic heterocycles. The lowest BCUT2D eigenvalue weighted by Crippen LogP contribution is -2.07. The van der Waals surface area contributed by atoms with Gasteiger partial charge in [0.25, 0.3) is 0 Å². The van der Waals surface area contributed by atoms with Crippen LogP contribution in [0, 0.1) is 0 Å². The quantitative estimate of drug-likeness (QED) is 0.114. The van der Waals surface area contributed by atoms with E-state index in [1.165, 1.54) is 106 Å². The molecule has 10 aromatic carbocycles. The van der Waals surface area contributed by atoms with E-state index < -0.39 is 0 Å². The van der Waals surface area contributed by atoms with Crippen molar-refractivity contribution in [1.29, 1.82) is 0 Å². The van der Waals surface area contributed by atoms with Crippen molar-refractivity contribution in [2.24, 2.45) is 0 Å². The predicted octanol–water partition coefficient (Wildman–Crippen LogP) is 22.2. The van der Waals surface area contributed by atoms with Crippen molar-refractivity contribution >= 4 is 22.3 Å². The number of hydrogen-bond acceptors (Lipinski definition) is 0. The van der Waals surface area contributed by atoms with E-state index in [1.54, 1.807) is 0 Å². The van der Waals surface area contributed by atoms with E-state index in [4.69, 9.17) is 0 Å². The molecule has 0 bridgehead atoms. The molecule has 3 aliphatic carbocycles. The van der Waals surface area contributed by atoms with Crippen molar-refractivity contribution in [3.63, 3.8) is 0 Å². The first-order valence-corrected chi connectivity index (χ1v) is 28.4. The maximum absolute atomic E-state index is 2.49. The van der Waals surface area contributed by atoms with Crippen LogP contribution in [-0.2, 0) is 0 Å². The molecule has 0 saturated heterocycles. The second kappa shape index (κ2) is 23.4. The molecule has 0 heterocycles. The van der Waals surface area contributed by atoms with Gasteiger partial charge in [0.05, 0.1) is 0 Å². The largest absolute Gasteiger partial charge is 0.0807 e. The summed E-state index contributed by atoms with van der Waals surface area (Å²) in [5.74, 6) is 0. The van der Waals surface area contributed by atoms with Crippen LogP contribution >= 0.6 is 0 Å². The van der Waals surface area contributed by atoms with Gasteiger partial charge in [-0.2, -0.15) is 0 Å². The van der Waals surface area contributed by atoms with Crippen LogP contribution in [0.4, 0.5) is 0 Å². The molecule has 0 atom stereocenters. The molecule has 0 N–H and O–H groups in total. The van der Waals surface area contributed by atoms with Crippen molar-refractivity contribution in [3.05, 3.63) is 350 Å². The van der Waals surface area contributed by atoms with Gasteiger partial charge in [0.2, 0.25) is 0 Å². The Kier molecular flexibility index (Phi) is 14.6. The molecule has 10 aromatic rings. The fourth-order valence-corrected chi connectivity index (χ4v) is 12.3. The lowest BCUT2D eigenvalue weighted by molar-refractivity contribution is 1.38. The molecule has 0 fully saturated rings. The third-order valence-electron chi connectivity index (χ3n) is 15.8. The monoisotopic (exact) mass is 1030 g/mol. The molecule has 13 rings (SSSR count). The maximum Gasteiger partial charge on any atom is -0.00139 e. The van der Waals surface area contributed by atoms with Gasteiger partial charge in [0.1, 0.15) is 0 Å². The van der Waals surface area contributed by atoms with Crippen molar-refractivity contribution in [3.8, 4) is 89.0 Å². The van der Waals surface area contributed by atoms with Crippen molar-refractivity contribution < 1.29 is 0 Å². The zero-order valence-electron chi connectivity index (χ0n) is 45.3. The number of hydrogen-bond donors (Lipinski definition) is 0. The first-order valence-electron chi connectivity index (χ1n) is 28.4. The topological polar surface area (TPSA) is 0 Å². The fraction of sp³-hybridized carbons (Fsp3) is 0.0370. The summed E-state index contributed by atoms with van der Waals surface area (Å²) in [6.07, 6.45) is 35.1. The van der Waals surface area contributed by atoms with Gasteiger partial charge in [-0.3, -0.25) is 0 Å². The van der Waals surface area contributed by atoms with Gasteiger partial charge in [0, 0.05) is 0 Å². The Bertz CT molecular complexity index is 4080. The van der Waals surface area contributed by atoms with Crippen LogP contribution in [-0.4, -0.2) is 0 Å². The first kappa shape index (κ1) is 50.4. The molecule has 384 valence electrons. The van der Waals surface area contributed by atoms with E-state index in [0.717, 1.165) is 40.7 Å². The van der Waals surface area contributed by atoms with Gasteiger partial charge in [-0.05, 0) is 153 Å². The molecule has 0 radical (unpaired) electrons. The van der Waals surface area contributed by atoms with Crippen molar-refractivity contribution in [2.75, 3.05) is 0 Å². The van der Waals surface area contributed by atoms with Crippen LogP contribution in [0.25, 0.3) is 111 Å². The molecule has 81 heavy (non-hydrogen) atoms. The summed E-state index contributed by atoms with van der Waals surface area (Å²) in [6.45, 7) is 0. The molecule has 3 aliphatic rings. The highest BCUT2D eigenvalue weighted by molar-refractivity contribution is 6.15. The zero-order valence-corrected chi connectivity index (χ0v) is 45.3. The Balaban J connectivity index is 1.17. The second-order valence-corrected chi connectivity index (χ2v) is 20.7. The molecule has 0 aliphatic heterocycles. The van der Waals surface area contributed by atoms with Gasteiger partial charge in [-0.1, -0.05) is 328 Å². The second-order valence-electron chi connectivity index (χ2n) is 20.7. The summed E-state index contributed by atoms with van der Waals surface area (Å²) in [6, 6.07) is 88.8. The summed E-state index contributed by atoms with van der Waals surface area (Å²) in [4.78, 5) is 0. The highest BCUT2D eigenvalue weighted by atomic mass is 14.4. The third-order valence-corrected chi connectivity index (χ3v) is 15.8. The average molecular weight is 1030 g/mol. The van der Waals surface area contributed by atoms with Crippen LogP contribution in [0.2, 0.25) is 0 Å². The SMILES string of the molecule is C1=CCC=CC(c2c(-c3ccccc3)c(C3=CCC=CC=C3)c(C3=CCC=C(c4c(-c5ccccc5)c(-c5ccccc5)c(-c5ccccc5)c(-c5ccccc5)c4-c4ccccc4)C=C3)c(-c3ccccc3)c2-c2ccccc2)=C1. The third kappa shape index (κ3) is 10.1. The van der Waals surface area contributed by atoms with E-state index >= 15 is 0 Å². The van der Waals surface area contributed by atoms with Crippen molar-refractivity contribution in [2.45, 2.75) is 19.3 Å². The predicted molar refractivity (Wildman–Crippen MR) is 348 cm³/mol. The minimum Gasteiger partial charge on any atom is -0.0807 e. The van der Waals surface area contributed by atoms with Crippen molar-refractivity contribution in [1.82, 2.24) is 0 Å². The Labute approximate surface area is 477 Å². The van der Waals surface area contributed by atoms with Gasteiger partial charge in [-0.15, -0.1) is 0 Å². The summed E-state index contributed by atoms with van der Waals surface area (Å²) < 4.78 is 0. The molecule has 0 nitrogen and oxygen atoms in total. The van der Waals surface area contributed by atoms with Crippen LogP contribution in [0.15, 0.2) is 328 Å². The average Bonchev–Trinajstić information content (AvgIpc) is 4.13. The van der Waals surface area contributed by atoms with E-state index in [0.29, 0.717) is 6.42 Å². The lowest BCUT2D eigenvalue weighted by atomic mass is 9.73. The van der Waals surface area contributed by atoms with Crippen LogP contribution in [0.3, 0.4) is 0 Å². The molecule has 0 saturated carbocycles. The maximum atomic E-state index is 2.49. The van der Waals surface area contributed by atoms with Crippen LogP contribution < -0.4 is 0 Å². The normalized spacial score (nSPS) is 13.8. The minimum atomic E-state index is 0.688. The first-order chi connectivity index (χ1) is 40.3. The van der Waals surface area contributed by atoms with E-state index in [1.807, 2.05) is 0 Å². The minimum absolute atomic E-state index is 0.688. The lowest BCUT2D eigenvalue weighted by Gasteiger charge is -2.30. The Morgan fingerprint density at radius 2 is 0.432 bits per heavy atom. The van der Waals surface area contributed by atoms with Crippen LogP contribution in [0.1, 0.15) is 41.5 Å². The Hall–Kier alpha value is -10.1. The zero-order chi connectivity index (χ0) is 54.2. The molecule has 0 spiro atoms. The molecular formula is C81H60. The molecule has 0 amide bonds. The van der Waals surface area contributed by atoms with Gasteiger partial charge < -0.3 is 0 Å². The van der Waals surface area contributed by atoms with Gasteiger partial charge in [0.15, 0.2) is 0 Å². The fourth-order valence-electron chi connectivity index (χ4n) is 12.3. The summed E-state index contributed by atoms with van der Waals surface area (Å²) in [7, 11) is 0. The van der Waals surface area contributed by atoms with Crippen LogP contribution in [0.5, 0.6) is 0 Å². The summed E-state index contributed by atoms with van der Waals surface area (Å²) in [5.41, 5.74) is 28.5. The Morgan fingerprint density at radius 1 is 0.173 bits per heavy atom.